The van der Waals surface area contributed by atoms with Crippen molar-refractivity contribution >= 4 is 5.91 Å². The van der Waals surface area contributed by atoms with Gasteiger partial charge in [-0.05, 0) is 43.7 Å². The maximum absolute atomic E-state index is 12.6. The first-order valence-corrected chi connectivity index (χ1v) is 6.90. The molecule has 3 heterocycles. The molecule has 1 fully saturated rings. The molecular weight excluding hydrogens is 256 g/mol. The first-order chi connectivity index (χ1) is 9.83. The van der Waals surface area contributed by atoms with E-state index in [0.29, 0.717) is 13.1 Å². The zero-order chi connectivity index (χ0) is 13.8. The Morgan fingerprint density at radius 2 is 1.85 bits per heavy atom. The quantitative estimate of drug-likeness (QED) is 0.907. The van der Waals surface area contributed by atoms with Gasteiger partial charge in [0.1, 0.15) is 11.5 Å². The third kappa shape index (κ3) is 2.93. The lowest BCUT2D eigenvalue weighted by Gasteiger charge is -2.24. The van der Waals surface area contributed by atoms with Crippen LogP contribution in [0.4, 0.5) is 0 Å². The van der Waals surface area contributed by atoms with E-state index in [1.165, 1.54) is 0 Å². The minimum absolute atomic E-state index is 0.0834. The molecule has 1 aliphatic heterocycles. The Labute approximate surface area is 117 Å². The maximum Gasteiger partial charge on any atom is 0.240 e. The number of nitrogens with one attached hydrogen (secondary N) is 1. The van der Waals surface area contributed by atoms with Crippen molar-refractivity contribution in [3.05, 3.63) is 48.3 Å². The molecule has 0 spiro atoms. The molecule has 0 unspecified atom stereocenters. The van der Waals surface area contributed by atoms with E-state index in [9.17, 15) is 4.79 Å². The molecule has 1 amide bonds. The van der Waals surface area contributed by atoms with Gasteiger partial charge in [0.25, 0.3) is 0 Å². The van der Waals surface area contributed by atoms with Gasteiger partial charge in [0, 0.05) is 0 Å². The Morgan fingerprint density at radius 1 is 1.20 bits per heavy atom. The molecule has 0 radical (unpaired) electrons. The van der Waals surface area contributed by atoms with Crippen LogP contribution in [-0.4, -0.2) is 23.4 Å². The van der Waals surface area contributed by atoms with Gasteiger partial charge in [0.2, 0.25) is 5.91 Å². The van der Waals surface area contributed by atoms with Crippen LogP contribution in [0.5, 0.6) is 0 Å². The lowest BCUT2D eigenvalue weighted by molar-refractivity contribution is -0.134. The highest BCUT2D eigenvalue weighted by Gasteiger charge is 2.27. The summed E-state index contributed by atoms with van der Waals surface area (Å²) in [5, 5.41) is 3.24. The average molecular weight is 274 g/mol. The minimum atomic E-state index is -0.0834. The summed E-state index contributed by atoms with van der Waals surface area (Å²) in [6.07, 6.45) is 5.19. The molecule has 0 saturated carbocycles. The van der Waals surface area contributed by atoms with Crippen molar-refractivity contribution in [2.75, 3.05) is 6.54 Å². The summed E-state index contributed by atoms with van der Waals surface area (Å²) >= 11 is 0. The van der Waals surface area contributed by atoms with Crippen LogP contribution in [0, 0.1) is 0 Å². The SMILES string of the molecule is O=C([C@@H]1CCCN1)N(Cc1ccco1)Cc1ccco1. The zero-order valence-electron chi connectivity index (χ0n) is 11.2. The molecule has 5 heteroatoms. The normalized spacial score (nSPS) is 18.3. The van der Waals surface area contributed by atoms with Crippen molar-refractivity contribution in [3.8, 4) is 0 Å². The van der Waals surface area contributed by atoms with E-state index in [0.717, 1.165) is 30.9 Å². The monoisotopic (exact) mass is 274 g/mol. The predicted octanol–water partition coefficient (Wildman–Crippen LogP) is 2.15. The summed E-state index contributed by atoms with van der Waals surface area (Å²) in [7, 11) is 0. The third-order valence-corrected chi connectivity index (χ3v) is 3.52. The molecule has 0 bridgehead atoms. The molecule has 20 heavy (non-hydrogen) atoms. The molecule has 0 aromatic carbocycles. The van der Waals surface area contributed by atoms with Crippen LogP contribution >= 0.6 is 0 Å². The van der Waals surface area contributed by atoms with Crippen LogP contribution < -0.4 is 5.32 Å². The first kappa shape index (κ1) is 13.0. The van der Waals surface area contributed by atoms with Gasteiger partial charge in [-0.2, -0.15) is 0 Å². The van der Waals surface area contributed by atoms with Crippen LogP contribution in [0.15, 0.2) is 45.6 Å². The second-order valence-electron chi connectivity index (χ2n) is 5.00. The van der Waals surface area contributed by atoms with Gasteiger partial charge in [-0.1, -0.05) is 0 Å². The standard InChI is InChI=1S/C15H18N2O3/c18-15(14-6-1-7-16-14)17(10-12-4-2-8-19-12)11-13-5-3-9-20-13/h2-5,8-9,14,16H,1,6-7,10-11H2/t14-/m0/s1. The molecule has 1 aliphatic rings. The van der Waals surface area contributed by atoms with Gasteiger partial charge in [-0.15, -0.1) is 0 Å². The van der Waals surface area contributed by atoms with E-state index in [1.54, 1.807) is 17.4 Å². The smallest absolute Gasteiger partial charge is 0.240 e. The number of carbonyl (C=O) groups excluding carboxylic acids is 1. The van der Waals surface area contributed by atoms with Gasteiger partial charge >= 0.3 is 0 Å². The Hall–Kier alpha value is -2.01. The van der Waals surface area contributed by atoms with Crippen molar-refractivity contribution in [1.82, 2.24) is 10.2 Å². The number of amides is 1. The van der Waals surface area contributed by atoms with Crippen LogP contribution in [0.25, 0.3) is 0 Å². The largest absolute Gasteiger partial charge is 0.467 e. The summed E-state index contributed by atoms with van der Waals surface area (Å²) in [6.45, 7) is 1.83. The molecule has 3 rings (SSSR count). The van der Waals surface area contributed by atoms with E-state index in [4.69, 9.17) is 8.83 Å². The molecule has 1 saturated heterocycles. The van der Waals surface area contributed by atoms with Crippen LogP contribution in [0.1, 0.15) is 24.4 Å². The summed E-state index contributed by atoms with van der Waals surface area (Å²) in [5.74, 6) is 1.67. The van der Waals surface area contributed by atoms with Crippen LogP contribution in [-0.2, 0) is 17.9 Å². The Kier molecular flexibility index (Phi) is 3.87. The van der Waals surface area contributed by atoms with Crippen molar-refractivity contribution in [3.63, 3.8) is 0 Å². The van der Waals surface area contributed by atoms with Crippen molar-refractivity contribution in [1.29, 1.82) is 0 Å². The fourth-order valence-corrected chi connectivity index (χ4v) is 2.51. The van der Waals surface area contributed by atoms with Crippen LogP contribution in [0.2, 0.25) is 0 Å². The van der Waals surface area contributed by atoms with Crippen molar-refractivity contribution < 1.29 is 13.6 Å². The number of furan rings is 2. The fraction of sp³-hybridized carbons (Fsp3) is 0.400. The molecule has 2 aromatic rings. The van der Waals surface area contributed by atoms with E-state index in [-0.39, 0.29) is 11.9 Å². The molecule has 0 aliphatic carbocycles. The molecule has 106 valence electrons. The van der Waals surface area contributed by atoms with Gasteiger partial charge in [-0.25, -0.2) is 0 Å². The molecule has 5 nitrogen and oxygen atoms in total. The number of hydrogen-bond acceptors (Lipinski definition) is 4. The Bertz CT molecular complexity index is 491. The number of carbonyl (C=O) groups is 1. The average Bonchev–Trinajstić information content (AvgIpc) is 3.20. The Morgan fingerprint density at radius 3 is 2.30 bits per heavy atom. The topological polar surface area (TPSA) is 58.6 Å². The van der Waals surface area contributed by atoms with Gasteiger partial charge in [0.05, 0.1) is 31.7 Å². The second-order valence-corrected chi connectivity index (χ2v) is 5.00. The van der Waals surface area contributed by atoms with Crippen molar-refractivity contribution in [2.24, 2.45) is 0 Å². The molecule has 2 aromatic heterocycles. The highest BCUT2D eigenvalue weighted by molar-refractivity contribution is 5.82. The zero-order valence-corrected chi connectivity index (χ0v) is 11.2. The lowest BCUT2D eigenvalue weighted by atomic mass is 10.2. The molecule has 1 N–H and O–H groups in total. The van der Waals surface area contributed by atoms with Crippen LogP contribution in [0.3, 0.4) is 0 Å². The van der Waals surface area contributed by atoms with E-state index in [2.05, 4.69) is 5.32 Å². The van der Waals surface area contributed by atoms with E-state index in [1.807, 2.05) is 24.3 Å². The second kappa shape index (κ2) is 5.96. The molecular formula is C15H18N2O3. The summed E-state index contributed by atoms with van der Waals surface area (Å²) in [5.41, 5.74) is 0. The summed E-state index contributed by atoms with van der Waals surface area (Å²) in [4.78, 5) is 14.4. The third-order valence-electron chi connectivity index (χ3n) is 3.52. The van der Waals surface area contributed by atoms with Gasteiger partial charge in [-0.3, -0.25) is 4.79 Å². The van der Waals surface area contributed by atoms with Gasteiger partial charge < -0.3 is 19.1 Å². The maximum atomic E-state index is 12.6. The number of hydrogen-bond donors (Lipinski definition) is 1. The minimum Gasteiger partial charge on any atom is -0.467 e. The lowest BCUT2D eigenvalue weighted by Crippen LogP contribution is -2.42. The number of nitrogens with zero attached hydrogens (tertiary/aromatic N) is 1. The van der Waals surface area contributed by atoms with Gasteiger partial charge in [0.15, 0.2) is 0 Å². The highest BCUT2D eigenvalue weighted by atomic mass is 16.3. The first-order valence-electron chi connectivity index (χ1n) is 6.90. The summed E-state index contributed by atoms with van der Waals surface area (Å²) < 4.78 is 10.7. The summed E-state index contributed by atoms with van der Waals surface area (Å²) in [6, 6.07) is 7.34. The van der Waals surface area contributed by atoms with E-state index < -0.39 is 0 Å². The predicted molar refractivity (Wildman–Crippen MR) is 72.7 cm³/mol. The molecule has 1 atom stereocenters. The number of rotatable bonds is 5. The van der Waals surface area contributed by atoms with E-state index >= 15 is 0 Å². The Balaban J connectivity index is 1.73. The fourth-order valence-electron chi connectivity index (χ4n) is 2.51. The highest BCUT2D eigenvalue weighted by Crippen LogP contribution is 2.15. The van der Waals surface area contributed by atoms with Crippen molar-refractivity contribution in [2.45, 2.75) is 32.0 Å².